The molecule has 1 unspecified atom stereocenters. The molecule has 0 aliphatic heterocycles. The fourth-order valence-corrected chi connectivity index (χ4v) is 6.31. The molecule has 0 saturated heterocycles. The number of ether oxygens (including phenoxy) is 1. The first-order valence-electron chi connectivity index (χ1n) is 14.7. The second kappa shape index (κ2) is 14.9. The van der Waals surface area contributed by atoms with Crippen molar-refractivity contribution in [2.24, 2.45) is 0 Å². The monoisotopic (exact) mass is 650 g/mol. The largest absolute Gasteiger partial charge is 0.497 e. The van der Waals surface area contributed by atoms with E-state index in [1.165, 1.54) is 28.7 Å². The number of amides is 3. The van der Waals surface area contributed by atoms with Crippen LogP contribution in [0.1, 0.15) is 48.2 Å². The van der Waals surface area contributed by atoms with Crippen LogP contribution in [0, 0.1) is 0 Å². The molecule has 0 aliphatic carbocycles. The van der Waals surface area contributed by atoms with Gasteiger partial charge in [0, 0.05) is 16.1 Å². The highest BCUT2D eigenvalue weighted by Crippen LogP contribution is 2.31. The molecule has 4 aromatic carbocycles. The molecule has 0 saturated carbocycles. The summed E-state index contributed by atoms with van der Waals surface area (Å²) in [7, 11) is 1.61. The number of anilines is 2. The van der Waals surface area contributed by atoms with Gasteiger partial charge in [0.1, 0.15) is 11.4 Å². The van der Waals surface area contributed by atoms with Gasteiger partial charge in [-0.2, -0.15) is 0 Å². The van der Waals surface area contributed by atoms with E-state index in [1.807, 2.05) is 61.5 Å². The number of rotatable bonds is 11. The molecule has 0 fully saturated rings. The summed E-state index contributed by atoms with van der Waals surface area (Å²) in [5.74, 6) is 0.0404. The van der Waals surface area contributed by atoms with Crippen molar-refractivity contribution < 1.29 is 19.1 Å². The number of methoxy groups -OCH3 is 1. The number of nitrogens with zero attached hydrogens (tertiary/aromatic N) is 1. The van der Waals surface area contributed by atoms with E-state index in [1.54, 1.807) is 55.7 Å². The number of thioether (sulfide) groups is 1. The molecule has 234 valence electrons. The molecule has 1 atom stereocenters. The van der Waals surface area contributed by atoms with Gasteiger partial charge >= 0.3 is 0 Å². The van der Waals surface area contributed by atoms with Gasteiger partial charge in [0.25, 0.3) is 11.8 Å². The van der Waals surface area contributed by atoms with Crippen LogP contribution in [0.2, 0.25) is 0 Å². The summed E-state index contributed by atoms with van der Waals surface area (Å²) in [5, 5.41) is 8.65. The fraction of sp³-hybridized carbons (Fsp3) is 0.167. The Morgan fingerprint density at radius 2 is 1.63 bits per heavy atom. The average molecular weight is 651 g/mol. The quantitative estimate of drug-likeness (QED) is 0.0989. The number of hydrogen-bond donors (Lipinski definition) is 3. The highest BCUT2D eigenvalue weighted by atomic mass is 32.2. The number of carbonyl (C=O) groups is 3. The van der Waals surface area contributed by atoms with Crippen molar-refractivity contribution in [1.82, 2.24) is 10.3 Å². The summed E-state index contributed by atoms with van der Waals surface area (Å²) in [6.45, 7) is 6.04. The first-order chi connectivity index (χ1) is 22.2. The molecule has 1 aromatic heterocycles. The van der Waals surface area contributed by atoms with Crippen LogP contribution in [-0.4, -0.2) is 35.1 Å². The van der Waals surface area contributed by atoms with E-state index in [4.69, 9.17) is 4.74 Å². The van der Waals surface area contributed by atoms with Gasteiger partial charge in [-0.25, -0.2) is 4.98 Å². The Kier molecular flexibility index (Phi) is 10.5. The van der Waals surface area contributed by atoms with E-state index >= 15 is 0 Å². The Hall–Kier alpha value is -4.93. The van der Waals surface area contributed by atoms with Gasteiger partial charge in [0.15, 0.2) is 5.13 Å². The normalized spacial score (nSPS) is 12.1. The molecule has 5 aromatic rings. The van der Waals surface area contributed by atoms with E-state index in [2.05, 4.69) is 34.8 Å². The number of aromatic nitrogens is 1. The third kappa shape index (κ3) is 8.41. The number of fused-ring (bicyclic) bond motifs is 1. The molecule has 0 aliphatic rings. The molecule has 3 N–H and O–H groups in total. The van der Waals surface area contributed by atoms with Crippen molar-refractivity contribution in [2.75, 3.05) is 17.7 Å². The van der Waals surface area contributed by atoms with Crippen LogP contribution >= 0.6 is 23.1 Å². The summed E-state index contributed by atoms with van der Waals surface area (Å²) < 4.78 is 6.19. The van der Waals surface area contributed by atoms with Crippen LogP contribution in [0.5, 0.6) is 5.75 Å². The maximum Gasteiger partial charge on any atom is 0.272 e. The Morgan fingerprint density at radius 3 is 2.35 bits per heavy atom. The molecule has 5 rings (SSSR count). The van der Waals surface area contributed by atoms with Crippen LogP contribution in [0.3, 0.4) is 0 Å². The SMILES string of the molecule is COc1ccc2nc(NC(=O)C(C)Sc3cccc(NC(=O)/C(=C\c4ccc(C(C)C)cc4)NC(=O)c4ccccc4)c3)sc2c1. The minimum absolute atomic E-state index is 0.102. The summed E-state index contributed by atoms with van der Waals surface area (Å²) >= 11 is 2.74. The lowest BCUT2D eigenvalue weighted by Gasteiger charge is -2.14. The molecular weight excluding hydrogens is 617 g/mol. The van der Waals surface area contributed by atoms with Crippen LogP contribution in [-0.2, 0) is 9.59 Å². The molecule has 3 amide bonds. The van der Waals surface area contributed by atoms with Crippen molar-refractivity contribution in [3.8, 4) is 5.75 Å². The van der Waals surface area contributed by atoms with Crippen LogP contribution in [0.25, 0.3) is 16.3 Å². The zero-order valence-electron chi connectivity index (χ0n) is 25.9. The Bertz CT molecular complexity index is 1890. The number of nitrogens with one attached hydrogen (secondary N) is 3. The van der Waals surface area contributed by atoms with Crippen LogP contribution in [0.4, 0.5) is 10.8 Å². The number of benzene rings is 4. The topological polar surface area (TPSA) is 109 Å². The number of carbonyl (C=O) groups excluding carboxylic acids is 3. The van der Waals surface area contributed by atoms with E-state index < -0.39 is 17.1 Å². The molecule has 8 nitrogen and oxygen atoms in total. The molecule has 0 spiro atoms. The molecular formula is C36H34N4O4S2. The Labute approximate surface area is 276 Å². The summed E-state index contributed by atoms with van der Waals surface area (Å²) in [5.41, 5.74) is 3.80. The van der Waals surface area contributed by atoms with Crippen molar-refractivity contribution in [1.29, 1.82) is 0 Å². The number of hydrogen-bond acceptors (Lipinski definition) is 7. The Balaban J connectivity index is 1.28. The van der Waals surface area contributed by atoms with Crippen LogP contribution in [0.15, 0.2) is 108 Å². The Morgan fingerprint density at radius 1 is 0.870 bits per heavy atom. The van der Waals surface area contributed by atoms with Gasteiger partial charge in [0.2, 0.25) is 5.91 Å². The lowest BCUT2D eigenvalue weighted by atomic mass is 10.0. The van der Waals surface area contributed by atoms with Crippen molar-refractivity contribution in [3.63, 3.8) is 0 Å². The minimum atomic E-state index is -0.474. The van der Waals surface area contributed by atoms with Crippen molar-refractivity contribution >= 4 is 67.9 Å². The van der Waals surface area contributed by atoms with Gasteiger partial charge in [-0.15, -0.1) is 11.8 Å². The fourth-order valence-electron chi connectivity index (χ4n) is 4.48. The molecule has 46 heavy (non-hydrogen) atoms. The molecule has 0 bridgehead atoms. The van der Waals surface area contributed by atoms with E-state index in [-0.39, 0.29) is 11.6 Å². The second-order valence-electron chi connectivity index (χ2n) is 10.8. The number of thiazole rings is 1. The van der Waals surface area contributed by atoms with Crippen molar-refractivity contribution in [3.05, 3.63) is 119 Å². The highest BCUT2D eigenvalue weighted by Gasteiger charge is 2.19. The van der Waals surface area contributed by atoms with Crippen molar-refractivity contribution in [2.45, 2.75) is 36.8 Å². The molecule has 10 heteroatoms. The van der Waals surface area contributed by atoms with Gasteiger partial charge < -0.3 is 20.7 Å². The van der Waals surface area contributed by atoms with Gasteiger partial charge in [-0.3, -0.25) is 14.4 Å². The van der Waals surface area contributed by atoms with E-state index in [0.717, 1.165) is 26.4 Å². The van der Waals surface area contributed by atoms with E-state index in [0.29, 0.717) is 22.3 Å². The summed E-state index contributed by atoms with van der Waals surface area (Å²) in [6, 6.07) is 29.4. The third-order valence-electron chi connectivity index (χ3n) is 7.04. The first-order valence-corrected chi connectivity index (χ1v) is 16.4. The predicted molar refractivity (Wildman–Crippen MR) is 188 cm³/mol. The summed E-state index contributed by atoms with van der Waals surface area (Å²) in [4.78, 5) is 44.9. The molecule has 1 heterocycles. The summed E-state index contributed by atoms with van der Waals surface area (Å²) in [6.07, 6.45) is 1.66. The average Bonchev–Trinajstić information content (AvgIpc) is 3.46. The van der Waals surface area contributed by atoms with Crippen LogP contribution < -0.4 is 20.7 Å². The predicted octanol–water partition coefficient (Wildman–Crippen LogP) is 7.96. The molecule has 0 radical (unpaired) electrons. The zero-order valence-corrected chi connectivity index (χ0v) is 27.5. The zero-order chi connectivity index (χ0) is 32.6. The third-order valence-corrected chi connectivity index (χ3v) is 9.07. The second-order valence-corrected chi connectivity index (χ2v) is 13.2. The minimum Gasteiger partial charge on any atom is -0.497 e. The van der Waals surface area contributed by atoms with E-state index in [9.17, 15) is 14.4 Å². The maximum atomic E-state index is 13.5. The van der Waals surface area contributed by atoms with Gasteiger partial charge in [-0.05, 0) is 78.6 Å². The lowest BCUT2D eigenvalue weighted by molar-refractivity contribution is -0.115. The maximum absolute atomic E-state index is 13.5. The first kappa shape index (κ1) is 32.5. The lowest BCUT2D eigenvalue weighted by Crippen LogP contribution is -2.30. The highest BCUT2D eigenvalue weighted by molar-refractivity contribution is 8.00. The van der Waals surface area contributed by atoms with Gasteiger partial charge in [-0.1, -0.05) is 73.7 Å². The van der Waals surface area contributed by atoms with Gasteiger partial charge in [0.05, 0.1) is 22.6 Å². The smallest absolute Gasteiger partial charge is 0.272 e. The standard InChI is InChI=1S/C36H34N4O4S2/c1-22(2)25-15-13-24(14-16-25)19-31(38-34(42)26-9-6-5-7-10-26)35(43)37-27-11-8-12-29(20-27)45-23(3)33(41)40-36-39-30-18-17-28(44-4)21-32(30)46-36/h5-23H,1-4H3,(H,37,43)(H,38,42)(H,39,40,41)/b31-19+.